The van der Waals surface area contributed by atoms with E-state index in [4.69, 9.17) is 25.7 Å². The number of nitrogens with two attached hydrogens (primary N) is 2. The second-order valence-electron chi connectivity index (χ2n) is 7.26. The Bertz CT molecular complexity index is 795. The molecule has 10 nitrogen and oxygen atoms in total. The van der Waals surface area contributed by atoms with E-state index in [0.717, 1.165) is 0 Å². The van der Waals surface area contributed by atoms with E-state index in [1.54, 1.807) is 19.9 Å². The monoisotopic (exact) mass is 437 g/mol. The van der Waals surface area contributed by atoms with E-state index in [2.05, 4.69) is 5.32 Å². The minimum absolute atomic E-state index is 0.0159. The van der Waals surface area contributed by atoms with Crippen molar-refractivity contribution in [1.82, 2.24) is 5.32 Å². The van der Waals surface area contributed by atoms with Crippen molar-refractivity contribution in [3.8, 4) is 11.5 Å². The molecule has 31 heavy (non-hydrogen) atoms. The smallest absolute Gasteiger partial charge is 0.329 e. The summed E-state index contributed by atoms with van der Waals surface area (Å²) in [6.07, 6.45) is 0.594. The van der Waals surface area contributed by atoms with Crippen LogP contribution in [0.2, 0.25) is 0 Å². The zero-order chi connectivity index (χ0) is 23.6. The normalized spacial score (nSPS) is 12.6. The van der Waals surface area contributed by atoms with Crippen LogP contribution in [-0.2, 0) is 30.3 Å². The van der Waals surface area contributed by atoms with Crippen LogP contribution in [0.4, 0.5) is 0 Å². The van der Waals surface area contributed by atoms with Crippen LogP contribution in [0, 0.1) is 0 Å². The van der Waals surface area contributed by atoms with Gasteiger partial charge in [0.15, 0.2) is 11.5 Å². The molecule has 0 spiro atoms. The Balaban J connectivity index is 3.11. The van der Waals surface area contributed by atoms with Gasteiger partial charge in [-0.1, -0.05) is 6.07 Å². The zero-order valence-corrected chi connectivity index (χ0v) is 18.3. The highest BCUT2D eigenvalue weighted by Crippen LogP contribution is 2.29. The lowest BCUT2D eigenvalue weighted by Gasteiger charge is -2.21. The van der Waals surface area contributed by atoms with Crippen LogP contribution in [0.15, 0.2) is 18.2 Å². The summed E-state index contributed by atoms with van der Waals surface area (Å²) in [6, 6.07) is 2.63. The molecule has 1 rings (SSSR count). The predicted octanol–water partition coefficient (Wildman–Crippen LogP) is 0.582. The number of hydrogen-bond donors (Lipinski definition) is 3. The molecule has 0 fully saturated rings. The zero-order valence-electron chi connectivity index (χ0n) is 18.3. The van der Waals surface area contributed by atoms with E-state index in [9.17, 15) is 19.2 Å². The third-order valence-electron chi connectivity index (χ3n) is 3.96. The average Bonchev–Trinajstić information content (AvgIpc) is 2.66. The number of carbonyl (C=O) groups excluding carboxylic acids is 4. The lowest BCUT2D eigenvalue weighted by molar-refractivity contribution is -0.151. The molecule has 172 valence electrons. The van der Waals surface area contributed by atoms with E-state index < -0.39 is 35.9 Å². The van der Waals surface area contributed by atoms with Crippen molar-refractivity contribution in [2.75, 3.05) is 6.54 Å². The van der Waals surface area contributed by atoms with Gasteiger partial charge in [-0.05, 0) is 50.9 Å². The fourth-order valence-electron chi connectivity index (χ4n) is 2.64. The van der Waals surface area contributed by atoms with Gasteiger partial charge in [0.25, 0.3) is 0 Å². The molecule has 1 amide bonds. The summed E-state index contributed by atoms with van der Waals surface area (Å²) in [6.45, 7) is 6.20. The molecule has 0 aliphatic rings. The van der Waals surface area contributed by atoms with Gasteiger partial charge in [-0.25, -0.2) is 4.79 Å². The lowest BCUT2D eigenvalue weighted by Crippen LogP contribution is -2.50. The number of amides is 1. The van der Waals surface area contributed by atoms with E-state index in [-0.39, 0.29) is 24.0 Å². The molecule has 1 aromatic rings. The fourth-order valence-corrected chi connectivity index (χ4v) is 2.64. The van der Waals surface area contributed by atoms with Crippen LogP contribution in [0.1, 0.15) is 46.1 Å². The SMILES string of the molecule is CC(=O)Oc1ccc(C[C@@H](NC(=O)[C@@H](N)CCCN)C(=O)OC(C)C)cc1OC(C)=O. The third kappa shape index (κ3) is 9.58. The molecular weight excluding hydrogens is 406 g/mol. The van der Waals surface area contributed by atoms with E-state index >= 15 is 0 Å². The molecule has 0 bridgehead atoms. The van der Waals surface area contributed by atoms with Crippen molar-refractivity contribution >= 4 is 23.8 Å². The summed E-state index contributed by atoms with van der Waals surface area (Å²) in [5, 5.41) is 2.61. The highest BCUT2D eigenvalue weighted by molar-refractivity contribution is 5.87. The largest absolute Gasteiger partial charge is 0.461 e. The van der Waals surface area contributed by atoms with Gasteiger partial charge in [-0.15, -0.1) is 0 Å². The van der Waals surface area contributed by atoms with E-state index in [0.29, 0.717) is 24.9 Å². The van der Waals surface area contributed by atoms with Crippen LogP contribution >= 0.6 is 0 Å². The van der Waals surface area contributed by atoms with Crippen molar-refractivity contribution in [2.24, 2.45) is 11.5 Å². The van der Waals surface area contributed by atoms with Crippen molar-refractivity contribution < 1.29 is 33.4 Å². The lowest BCUT2D eigenvalue weighted by atomic mass is 10.0. The topological polar surface area (TPSA) is 160 Å². The average molecular weight is 437 g/mol. The number of rotatable bonds is 11. The fraction of sp³-hybridized carbons (Fsp3) is 0.524. The van der Waals surface area contributed by atoms with Gasteiger partial charge in [0, 0.05) is 20.3 Å². The minimum atomic E-state index is -1.02. The molecule has 10 heteroatoms. The van der Waals surface area contributed by atoms with Gasteiger partial charge in [-0.2, -0.15) is 0 Å². The highest BCUT2D eigenvalue weighted by atomic mass is 16.6. The van der Waals surface area contributed by atoms with Crippen LogP contribution in [0.3, 0.4) is 0 Å². The summed E-state index contributed by atoms with van der Waals surface area (Å²) in [7, 11) is 0. The second-order valence-corrected chi connectivity index (χ2v) is 7.26. The van der Waals surface area contributed by atoms with Gasteiger partial charge in [0.1, 0.15) is 6.04 Å². The number of carbonyl (C=O) groups is 4. The van der Waals surface area contributed by atoms with Crippen LogP contribution in [0.5, 0.6) is 11.5 Å². The molecule has 0 heterocycles. The van der Waals surface area contributed by atoms with Crippen molar-refractivity contribution in [3.05, 3.63) is 23.8 Å². The molecule has 0 unspecified atom stereocenters. The van der Waals surface area contributed by atoms with E-state index in [1.165, 1.54) is 26.0 Å². The molecular formula is C21H31N3O7. The summed E-state index contributed by atoms with van der Waals surface area (Å²) >= 11 is 0. The first-order chi connectivity index (χ1) is 14.5. The predicted molar refractivity (Wildman–Crippen MR) is 112 cm³/mol. The Morgan fingerprint density at radius 3 is 2.19 bits per heavy atom. The summed E-state index contributed by atoms with van der Waals surface area (Å²) in [5.41, 5.74) is 11.8. The number of hydrogen-bond acceptors (Lipinski definition) is 9. The maximum Gasteiger partial charge on any atom is 0.329 e. The highest BCUT2D eigenvalue weighted by Gasteiger charge is 2.26. The van der Waals surface area contributed by atoms with Crippen LogP contribution < -0.4 is 26.3 Å². The Morgan fingerprint density at radius 1 is 1.03 bits per heavy atom. The minimum Gasteiger partial charge on any atom is -0.461 e. The second kappa shape index (κ2) is 12.7. The van der Waals surface area contributed by atoms with Gasteiger partial charge in [-0.3, -0.25) is 14.4 Å². The number of ether oxygens (including phenoxy) is 3. The van der Waals surface area contributed by atoms with Gasteiger partial charge in [0.05, 0.1) is 12.1 Å². The standard InChI is InChI=1S/C21H31N3O7/c1-12(2)29-21(28)17(24-20(27)16(23)6-5-9-22)10-15-7-8-18(30-13(3)25)19(11-15)31-14(4)26/h7-8,11-12,16-17H,5-6,9-10,22-23H2,1-4H3,(H,24,27)/t16-,17+/m0/s1. The van der Waals surface area contributed by atoms with Crippen molar-refractivity contribution in [3.63, 3.8) is 0 Å². The number of benzene rings is 1. The maximum absolute atomic E-state index is 12.6. The Labute approximate surface area is 181 Å². The van der Waals surface area contributed by atoms with Gasteiger partial charge < -0.3 is 31.0 Å². The van der Waals surface area contributed by atoms with Crippen molar-refractivity contribution in [1.29, 1.82) is 0 Å². The summed E-state index contributed by atoms with van der Waals surface area (Å²) < 4.78 is 15.4. The molecule has 0 saturated carbocycles. The molecule has 5 N–H and O–H groups in total. The van der Waals surface area contributed by atoms with Crippen LogP contribution in [-0.4, -0.2) is 48.5 Å². The van der Waals surface area contributed by atoms with Gasteiger partial charge >= 0.3 is 17.9 Å². The molecule has 0 aliphatic heterocycles. The summed E-state index contributed by atoms with van der Waals surface area (Å²) in [4.78, 5) is 47.6. The Kier molecular flexibility index (Phi) is 10.6. The maximum atomic E-state index is 12.6. The third-order valence-corrected chi connectivity index (χ3v) is 3.96. The molecule has 1 aromatic carbocycles. The first-order valence-corrected chi connectivity index (χ1v) is 9.99. The van der Waals surface area contributed by atoms with E-state index in [1.807, 2.05) is 0 Å². The van der Waals surface area contributed by atoms with Gasteiger partial charge in [0.2, 0.25) is 5.91 Å². The first-order valence-electron chi connectivity index (χ1n) is 9.99. The number of esters is 3. The van der Waals surface area contributed by atoms with Crippen molar-refractivity contribution in [2.45, 2.75) is 65.1 Å². The summed E-state index contributed by atoms with van der Waals surface area (Å²) in [5.74, 6) is -2.26. The first kappa shape index (κ1) is 26.1. The molecule has 0 saturated heterocycles. The van der Waals surface area contributed by atoms with Crippen LogP contribution in [0.25, 0.3) is 0 Å². The Hall–Kier alpha value is -2.98. The number of nitrogens with one attached hydrogen (secondary N) is 1. The molecule has 0 aromatic heterocycles. The molecule has 0 radical (unpaired) electrons. The quantitative estimate of drug-likeness (QED) is 0.332. The molecule has 0 aliphatic carbocycles. The molecule has 2 atom stereocenters. The Morgan fingerprint density at radius 2 is 1.65 bits per heavy atom.